The van der Waals surface area contributed by atoms with Crippen molar-refractivity contribution in [2.45, 2.75) is 18.9 Å². The maximum atomic E-state index is 15.0. The number of benzene rings is 2. The van der Waals surface area contributed by atoms with Crippen LogP contribution in [-0.2, 0) is 0 Å². The molecular formula is C24H20ClF2N3O. The molecule has 0 spiro atoms. The van der Waals surface area contributed by atoms with E-state index in [-0.39, 0.29) is 11.3 Å². The van der Waals surface area contributed by atoms with Crippen LogP contribution in [0.4, 0.5) is 8.78 Å². The van der Waals surface area contributed by atoms with Gasteiger partial charge in [0, 0.05) is 28.4 Å². The molecule has 0 saturated carbocycles. The van der Waals surface area contributed by atoms with Crippen LogP contribution in [0.15, 0.2) is 48.5 Å². The molecule has 0 N–H and O–H groups in total. The second-order valence-electron chi connectivity index (χ2n) is 7.86. The van der Waals surface area contributed by atoms with E-state index < -0.39 is 11.6 Å². The van der Waals surface area contributed by atoms with Crippen LogP contribution in [0.2, 0.25) is 5.02 Å². The van der Waals surface area contributed by atoms with Gasteiger partial charge in [-0.1, -0.05) is 41.9 Å². The molecule has 2 aromatic carbocycles. The average Bonchev–Trinajstić information content (AvgIpc) is 3.17. The molecule has 7 heteroatoms. The molecule has 1 saturated heterocycles. The first kappa shape index (κ1) is 20.1. The van der Waals surface area contributed by atoms with E-state index >= 15 is 4.39 Å². The summed E-state index contributed by atoms with van der Waals surface area (Å²) < 4.78 is 35.5. The van der Waals surface area contributed by atoms with Crippen molar-refractivity contribution in [3.05, 3.63) is 65.2 Å². The van der Waals surface area contributed by atoms with Gasteiger partial charge in [-0.05, 0) is 44.0 Å². The summed E-state index contributed by atoms with van der Waals surface area (Å²) in [4.78, 5) is 11.1. The molecule has 1 aliphatic rings. The Morgan fingerprint density at radius 3 is 2.68 bits per heavy atom. The molecule has 1 atom stereocenters. The minimum Gasteiger partial charge on any atom is -0.476 e. The smallest absolute Gasteiger partial charge is 0.216 e. The molecule has 0 radical (unpaired) electrons. The third-order valence-corrected chi connectivity index (χ3v) is 6.20. The molecule has 0 unspecified atom stereocenters. The average molecular weight is 440 g/mol. The van der Waals surface area contributed by atoms with Crippen LogP contribution in [-0.4, -0.2) is 41.1 Å². The van der Waals surface area contributed by atoms with Crippen LogP contribution in [0, 0.1) is 11.6 Å². The lowest BCUT2D eigenvalue weighted by Crippen LogP contribution is -2.30. The SMILES string of the molecule is CN1CCC[C@H]1COc1cc(Cl)c2cc(F)c(-c3cccc4cccc(F)c34)nc2n1. The number of likely N-dealkylation sites (N-methyl/N-ethyl adjacent to an activating group) is 1. The van der Waals surface area contributed by atoms with Crippen LogP contribution in [0.1, 0.15) is 12.8 Å². The number of hydrogen-bond donors (Lipinski definition) is 0. The van der Waals surface area contributed by atoms with Gasteiger partial charge >= 0.3 is 0 Å². The number of halogens is 3. The fourth-order valence-corrected chi connectivity index (χ4v) is 4.42. The van der Waals surface area contributed by atoms with Crippen LogP contribution in [0.25, 0.3) is 33.1 Å². The minimum absolute atomic E-state index is 0.0273. The van der Waals surface area contributed by atoms with Crippen molar-refractivity contribution >= 4 is 33.4 Å². The normalized spacial score (nSPS) is 17.0. The third kappa shape index (κ3) is 3.70. The summed E-state index contributed by atoms with van der Waals surface area (Å²) in [7, 11) is 2.07. The lowest BCUT2D eigenvalue weighted by Gasteiger charge is -2.19. The van der Waals surface area contributed by atoms with E-state index in [1.807, 2.05) is 0 Å². The van der Waals surface area contributed by atoms with E-state index in [2.05, 4.69) is 21.9 Å². The highest BCUT2D eigenvalue weighted by molar-refractivity contribution is 6.35. The van der Waals surface area contributed by atoms with Crippen molar-refractivity contribution in [3.8, 4) is 17.1 Å². The fourth-order valence-electron chi connectivity index (χ4n) is 4.19. The van der Waals surface area contributed by atoms with Gasteiger partial charge < -0.3 is 9.64 Å². The molecule has 0 bridgehead atoms. The van der Waals surface area contributed by atoms with E-state index in [0.29, 0.717) is 45.3 Å². The Hall–Kier alpha value is -2.83. The molecule has 31 heavy (non-hydrogen) atoms. The summed E-state index contributed by atoms with van der Waals surface area (Å²) in [5.74, 6) is -0.682. The molecular weight excluding hydrogens is 420 g/mol. The zero-order valence-corrected chi connectivity index (χ0v) is 17.7. The minimum atomic E-state index is -0.590. The summed E-state index contributed by atoms with van der Waals surface area (Å²) in [6.07, 6.45) is 2.21. The molecule has 158 valence electrons. The number of aromatic nitrogens is 2. The Balaban J connectivity index is 1.58. The van der Waals surface area contributed by atoms with Crippen molar-refractivity contribution in [1.82, 2.24) is 14.9 Å². The van der Waals surface area contributed by atoms with Gasteiger partial charge in [-0.25, -0.2) is 13.8 Å². The number of hydrogen-bond acceptors (Lipinski definition) is 4. The lowest BCUT2D eigenvalue weighted by atomic mass is 10.0. The molecule has 4 aromatic rings. The van der Waals surface area contributed by atoms with E-state index in [0.717, 1.165) is 19.4 Å². The Kier molecular flexibility index (Phi) is 5.20. The fraction of sp³-hybridized carbons (Fsp3) is 0.250. The van der Waals surface area contributed by atoms with Gasteiger partial charge in [-0.3, -0.25) is 0 Å². The van der Waals surface area contributed by atoms with E-state index in [4.69, 9.17) is 16.3 Å². The lowest BCUT2D eigenvalue weighted by molar-refractivity contribution is 0.193. The molecule has 2 aromatic heterocycles. The van der Waals surface area contributed by atoms with Gasteiger partial charge in [0.25, 0.3) is 0 Å². The second-order valence-corrected chi connectivity index (χ2v) is 8.27. The summed E-state index contributed by atoms with van der Waals surface area (Å²) in [5, 5.41) is 1.68. The summed E-state index contributed by atoms with van der Waals surface area (Å²) in [6, 6.07) is 13.1. The Morgan fingerprint density at radius 2 is 1.90 bits per heavy atom. The van der Waals surface area contributed by atoms with E-state index in [1.165, 1.54) is 12.1 Å². The Labute approximate surface area is 183 Å². The van der Waals surface area contributed by atoms with Crippen LogP contribution in [0.5, 0.6) is 5.88 Å². The molecule has 5 rings (SSSR count). The van der Waals surface area contributed by atoms with Crippen molar-refractivity contribution in [1.29, 1.82) is 0 Å². The topological polar surface area (TPSA) is 38.2 Å². The third-order valence-electron chi connectivity index (χ3n) is 5.88. The standard InChI is InChI=1S/C24H20ClF2N3O/c1-30-10-4-7-15(30)13-31-21-12-18(25)17-11-20(27)23(29-24(17)28-21)16-8-2-5-14-6-3-9-19(26)22(14)16/h2-3,5-6,8-9,11-12,15H,4,7,10,13H2,1H3/t15-/m0/s1. The number of nitrogens with zero attached hydrogens (tertiary/aromatic N) is 3. The monoisotopic (exact) mass is 439 g/mol. The number of likely N-dealkylation sites (tertiary alicyclic amines) is 1. The first-order valence-corrected chi connectivity index (χ1v) is 10.6. The van der Waals surface area contributed by atoms with Crippen molar-refractivity contribution in [2.24, 2.45) is 0 Å². The van der Waals surface area contributed by atoms with Crippen molar-refractivity contribution in [3.63, 3.8) is 0 Å². The molecule has 1 aliphatic heterocycles. The molecule has 3 heterocycles. The maximum Gasteiger partial charge on any atom is 0.216 e. The summed E-state index contributed by atoms with van der Waals surface area (Å²) >= 11 is 6.38. The molecule has 4 nitrogen and oxygen atoms in total. The highest BCUT2D eigenvalue weighted by Gasteiger charge is 2.22. The predicted octanol–water partition coefficient (Wildman–Crippen LogP) is 5.85. The van der Waals surface area contributed by atoms with Crippen molar-refractivity contribution in [2.75, 3.05) is 20.2 Å². The largest absolute Gasteiger partial charge is 0.476 e. The Bertz CT molecular complexity index is 1290. The molecule has 0 aliphatic carbocycles. The van der Waals surface area contributed by atoms with Gasteiger partial charge in [0.05, 0.1) is 5.02 Å². The zero-order chi connectivity index (χ0) is 21.5. The quantitative estimate of drug-likeness (QED) is 0.399. The first-order chi connectivity index (χ1) is 15.0. The number of fused-ring (bicyclic) bond motifs is 2. The van der Waals surface area contributed by atoms with Gasteiger partial charge in [0.15, 0.2) is 5.65 Å². The van der Waals surface area contributed by atoms with E-state index in [9.17, 15) is 4.39 Å². The van der Waals surface area contributed by atoms with Crippen molar-refractivity contribution < 1.29 is 13.5 Å². The molecule has 0 amide bonds. The van der Waals surface area contributed by atoms with Gasteiger partial charge in [0.2, 0.25) is 5.88 Å². The van der Waals surface area contributed by atoms with E-state index in [1.54, 1.807) is 36.4 Å². The maximum absolute atomic E-state index is 15.0. The predicted molar refractivity (Wildman–Crippen MR) is 119 cm³/mol. The van der Waals surface area contributed by atoms with Crippen LogP contribution in [0.3, 0.4) is 0 Å². The Morgan fingerprint density at radius 1 is 1.10 bits per heavy atom. The second kappa shape index (κ2) is 8.02. The molecule has 1 fully saturated rings. The van der Waals surface area contributed by atoms with Crippen LogP contribution >= 0.6 is 11.6 Å². The van der Waals surface area contributed by atoms with Gasteiger partial charge in [-0.15, -0.1) is 0 Å². The summed E-state index contributed by atoms with van der Waals surface area (Å²) in [6.45, 7) is 1.54. The van der Waals surface area contributed by atoms with Crippen LogP contribution < -0.4 is 4.74 Å². The highest BCUT2D eigenvalue weighted by atomic mass is 35.5. The van der Waals surface area contributed by atoms with Gasteiger partial charge in [-0.2, -0.15) is 4.98 Å². The zero-order valence-electron chi connectivity index (χ0n) is 16.9. The van der Waals surface area contributed by atoms with Gasteiger partial charge in [0.1, 0.15) is 23.9 Å². The number of pyridine rings is 2. The highest BCUT2D eigenvalue weighted by Crippen LogP contribution is 2.34. The number of ether oxygens (including phenoxy) is 1. The summed E-state index contributed by atoms with van der Waals surface area (Å²) in [5.41, 5.74) is 0.651. The number of rotatable bonds is 4. The first-order valence-electron chi connectivity index (χ1n) is 10.2.